The number of nitro benzene ring substituents is 1. The number of hydrogen-bond donors (Lipinski definition) is 0. The van der Waals surface area contributed by atoms with Crippen LogP contribution in [0, 0.1) is 10.1 Å². The van der Waals surface area contributed by atoms with Gasteiger partial charge in [-0.1, -0.05) is 13.2 Å². The van der Waals surface area contributed by atoms with E-state index in [1.165, 1.54) is 13.8 Å². The molecule has 2 aromatic rings. The SMILES string of the molecule is C=C(C)C(=O)OCCN(CCOC(=O)C(=C)C)c1ccc(/N=N/c2ccc([N+](=O)[O-])c(C(F)(F)F)c2)cc1. The van der Waals surface area contributed by atoms with Crippen molar-refractivity contribution in [2.45, 2.75) is 20.0 Å². The number of carbonyl (C=O) groups excluding carboxylic acids is 2. The Kier molecular flexibility index (Phi) is 10.3. The Labute approximate surface area is 216 Å². The van der Waals surface area contributed by atoms with Gasteiger partial charge in [-0.05, 0) is 50.2 Å². The van der Waals surface area contributed by atoms with Gasteiger partial charge in [0, 0.05) is 22.9 Å². The van der Waals surface area contributed by atoms with Gasteiger partial charge >= 0.3 is 18.1 Å². The number of benzene rings is 2. The molecule has 0 amide bonds. The summed E-state index contributed by atoms with van der Waals surface area (Å²) >= 11 is 0. The molecule has 0 saturated carbocycles. The van der Waals surface area contributed by atoms with E-state index in [-0.39, 0.29) is 43.1 Å². The molecule has 0 aliphatic rings. The Balaban J connectivity index is 2.17. The molecule has 2 rings (SSSR count). The number of nitrogens with zero attached hydrogens (tertiary/aromatic N) is 4. The minimum atomic E-state index is -4.93. The molecule has 202 valence electrons. The van der Waals surface area contributed by atoms with Crippen LogP contribution in [0.5, 0.6) is 0 Å². The molecule has 2 aromatic carbocycles. The van der Waals surface area contributed by atoms with Gasteiger partial charge in [0.2, 0.25) is 0 Å². The van der Waals surface area contributed by atoms with Crippen LogP contribution in [0.15, 0.2) is 77.0 Å². The molecule has 0 bridgehead atoms. The minimum absolute atomic E-state index is 0.0310. The molecule has 0 fully saturated rings. The van der Waals surface area contributed by atoms with Crippen LogP contribution >= 0.6 is 0 Å². The Morgan fingerprint density at radius 1 is 0.921 bits per heavy atom. The fraction of sp³-hybridized carbons (Fsp3) is 0.280. The number of nitro groups is 1. The van der Waals surface area contributed by atoms with Crippen molar-refractivity contribution in [2.75, 3.05) is 31.2 Å². The van der Waals surface area contributed by atoms with Gasteiger partial charge in [-0.25, -0.2) is 9.59 Å². The normalized spacial score (nSPS) is 11.2. The molecule has 0 atom stereocenters. The number of ether oxygens (including phenoxy) is 2. The van der Waals surface area contributed by atoms with Gasteiger partial charge in [-0.15, -0.1) is 0 Å². The molecule has 0 saturated heterocycles. The van der Waals surface area contributed by atoms with Crippen molar-refractivity contribution in [1.29, 1.82) is 0 Å². The van der Waals surface area contributed by atoms with Crippen molar-refractivity contribution in [3.8, 4) is 0 Å². The van der Waals surface area contributed by atoms with Crippen molar-refractivity contribution in [1.82, 2.24) is 0 Å². The Hall–Kier alpha value is -4.55. The number of esters is 2. The third-order valence-corrected chi connectivity index (χ3v) is 4.86. The highest BCUT2D eigenvalue weighted by molar-refractivity contribution is 5.87. The Bertz CT molecular complexity index is 1210. The van der Waals surface area contributed by atoms with Crippen LogP contribution in [-0.2, 0) is 25.2 Å². The van der Waals surface area contributed by atoms with Gasteiger partial charge in [0.25, 0.3) is 5.69 Å². The van der Waals surface area contributed by atoms with E-state index in [0.717, 1.165) is 12.1 Å². The molecule has 10 nitrogen and oxygen atoms in total. The average Bonchev–Trinajstić information content (AvgIpc) is 2.85. The van der Waals surface area contributed by atoms with Gasteiger partial charge in [0.05, 0.1) is 29.4 Å². The maximum absolute atomic E-state index is 13.2. The molecule has 0 N–H and O–H groups in total. The lowest BCUT2D eigenvalue weighted by Gasteiger charge is -2.24. The zero-order chi connectivity index (χ0) is 28.5. The first-order chi connectivity index (χ1) is 17.8. The molecule has 0 aromatic heterocycles. The van der Waals surface area contributed by atoms with E-state index in [9.17, 15) is 32.9 Å². The monoisotopic (exact) mass is 534 g/mol. The molecule has 0 unspecified atom stereocenters. The van der Waals surface area contributed by atoms with Crippen LogP contribution in [0.2, 0.25) is 0 Å². The number of azo groups is 1. The highest BCUT2D eigenvalue weighted by Crippen LogP contribution is 2.38. The van der Waals surface area contributed by atoms with Crippen molar-refractivity contribution in [3.63, 3.8) is 0 Å². The van der Waals surface area contributed by atoms with Gasteiger partial charge in [-0.2, -0.15) is 23.4 Å². The van der Waals surface area contributed by atoms with Gasteiger partial charge in [0.15, 0.2) is 0 Å². The van der Waals surface area contributed by atoms with Crippen molar-refractivity contribution in [3.05, 3.63) is 82.4 Å². The first-order valence-electron chi connectivity index (χ1n) is 11.1. The summed E-state index contributed by atoms with van der Waals surface area (Å²) in [6.07, 6.45) is -4.93. The Morgan fingerprint density at radius 3 is 1.84 bits per heavy atom. The summed E-state index contributed by atoms with van der Waals surface area (Å²) in [6.45, 7) is 10.6. The van der Waals surface area contributed by atoms with Crippen LogP contribution in [0.25, 0.3) is 0 Å². The first kappa shape index (κ1) is 29.7. The summed E-state index contributed by atoms with van der Waals surface area (Å²) in [7, 11) is 0. The van der Waals surface area contributed by atoms with E-state index < -0.39 is 34.3 Å². The zero-order valence-electron chi connectivity index (χ0n) is 20.7. The summed E-state index contributed by atoms with van der Waals surface area (Å²) in [5.41, 5.74) is -1.28. The van der Waals surface area contributed by atoms with E-state index in [2.05, 4.69) is 23.4 Å². The standard InChI is InChI=1S/C25H25F3N4O6/c1-16(2)23(33)37-13-11-31(12-14-38-24(34)17(3)4)20-8-5-18(6-9-20)29-30-19-7-10-22(32(35)36)21(15-19)25(26,27)28/h5-10,15H,1,3,11-14H2,2,4H3/b30-29+. The fourth-order valence-corrected chi connectivity index (χ4v) is 2.93. The predicted molar refractivity (Wildman–Crippen MR) is 132 cm³/mol. The van der Waals surface area contributed by atoms with Crippen LogP contribution in [0.4, 0.5) is 35.9 Å². The topological polar surface area (TPSA) is 124 Å². The zero-order valence-corrected chi connectivity index (χ0v) is 20.7. The number of alkyl halides is 3. The quantitative estimate of drug-likeness (QED) is 0.106. The second-order valence-electron chi connectivity index (χ2n) is 7.99. The summed E-state index contributed by atoms with van der Waals surface area (Å²) < 4.78 is 49.8. The molecule has 38 heavy (non-hydrogen) atoms. The summed E-state index contributed by atoms with van der Waals surface area (Å²) in [6, 6.07) is 8.71. The second-order valence-corrected chi connectivity index (χ2v) is 7.99. The van der Waals surface area contributed by atoms with E-state index in [0.29, 0.717) is 17.4 Å². The third-order valence-electron chi connectivity index (χ3n) is 4.86. The number of carbonyl (C=O) groups is 2. The van der Waals surface area contributed by atoms with Crippen LogP contribution in [0.1, 0.15) is 19.4 Å². The van der Waals surface area contributed by atoms with Gasteiger partial charge < -0.3 is 14.4 Å². The molecule has 0 aliphatic heterocycles. The van der Waals surface area contributed by atoms with E-state index in [1.54, 1.807) is 29.2 Å². The highest BCUT2D eigenvalue weighted by Gasteiger charge is 2.38. The Morgan fingerprint density at radius 2 is 1.39 bits per heavy atom. The van der Waals surface area contributed by atoms with Crippen LogP contribution in [-0.4, -0.2) is 43.2 Å². The van der Waals surface area contributed by atoms with E-state index in [1.807, 2.05) is 0 Å². The second kappa shape index (κ2) is 13.1. The number of hydrogen-bond acceptors (Lipinski definition) is 9. The molecular formula is C25H25F3N4O6. The van der Waals surface area contributed by atoms with Crippen LogP contribution in [0.3, 0.4) is 0 Å². The number of rotatable bonds is 12. The number of halogens is 3. The summed E-state index contributed by atoms with van der Waals surface area (Å²) in [5.74, 6) is -1.09. The summed E-state index contributed by atoms with van der Waals surface area (Å²) in [4.78, 5) is 34.9. The van der Waals surface area contributed by atoms with Gasteiger partial charge in [-0.3, -0.25) is 10.1 Å². The molecule has 0 aliphatic carbocycles. The molecular weight excluding hydrogens is 509 g/mol. The number of anilines is 1. The van der Waals surface area contributed by atoms with Gasteiger partial charge in [0.1, 0.15) is 18.8 Å². The minimum Gasteiger partial charge on any atom is -0.460 e. The molecule has 0 radical (unpaired) electrons. The smallest absolute Gasteiger partial charge is 0.423 e. The average molecular weight is 534 g/mol. The largest absolute Gasteiger partial charge is 0.460 e. The predicted octanol–water partition coefficient (Wildman–Crippen LogP) is 6.07. The maximum atomic E-state index is 13.2. The van der Waals surface area contributed by atoms with Crippen molar-refractivity contribution < 1.29 is 37.2 Å². The fourth-order valence-electron chi connectivity index (χ4n) is 2.93. The highest BCUT2D eigenvalue weighted by atomic mass is 19.4. The lowest BCUT2D eigenvalue weighted by atomic mass is 10.1. The summed E-state index contributed by atoms with van der Waals surface area (Å²) in [5, 5.41) is 18.5. The van der Waals surface area contributed by atoms with E-state index >= 15 is 0 Å². The molecule has 13 heteroatoms. The van der Waals surface area contributed by atoms with Crippen molar-refractivity contribution >= 4 is 34.7 Å². The van der Waals surface area contributed by atoms with E-state index in [4.69, 9.17) is 9.47 Å². The molecule has 0 heterocycles. The first-order valence-corrected chi connectivity index (χ1v) is 11.1. The lowest BCUT2D eigenvalue weighted by Crippen LogP contribution is -2.32. The van der Waals surface area contributed by atoms with Crippen molar-refractivity contribution in [2.24, 2.45) is 10.2 Å². The maximum Gasteiger partial charge on any atom is 0.423 e. The molecule has 0 spiro atoms. The third kappa shape index (κ3) is 8.84. The lowest BCUT2D eigenvalue weighted by molar-refractivity contribution is -0.388. The van der Waals surface area contributed by atoms with Crippen LogP contribution < -0.4 is 4.90 Å².